The summed E-state index contributed by atoms with van der Waals surface area (Å²) in [7, 11) is 0. The van der Waals surface area contributed by atoms with Gasteiger partial charge in [-0.05, 0) is 17.5 Å². The molecule has 1 aromatic heterocycles. The predicted octanol–water partition coefficient (Wildman–Crippen LogP) is 0.978. The van der Waals surface area contributed by atoms with E-state index in [9.17, 15) is 4.79 Å². The Bertz CT molecular complexity index is 737. The summed E-state index contributed by atoms with van der Waals surface area (Å²) < 4.78 is 0. The minimum Gasteiger partial charge on any atom is -0.338 e. The highest BCUT2D eigenvalue weighted by Gasteiger charge is 2.21. The van der Waals surface area contributed by atoms with Crippen LogP contribution in [-0.4, -0.2) is 23.1 Å². The van der Waals surface area contributed by atoms with Gasteiger partial charge in [0.25, 0.3) is 5.56 Å². The topological polar surface area (TPSA) is 61.0 Å². The number of aromatic amines is 1. The zero-order chi connectivity index (χ0) is 14.2. The molecule has 0 bridgehead atoms. The molecule has 0 saturated carbocycles. The van der Waals surface area contributed by atoms with E-state index >= 15 is 0 Å². The molecule has 1 aromatic carbocycles. The number of nitrogens with zero attached hydrogens (tertiary/aromatic N) is 2. The molecule has 0 radical (unpaired) electrons. The fourth-order valence-corrected chi connectivity index (χ4v) is 3.17. The van der Waals surface area contributed by atoms with Crippen molar-refractivity contribution in [2.24, 2.45) is 0 Å². The summed E-state index contributed by atoms with van der Waals surface area (Å²) in [5, 5.41) is 3.22. The van der Waals surface area contributed by atoms with Crippen LogP contribution in [0.2, 0.25) is 0 Å². The molecule has 5 nitrogen and oxygen atoms in total. The molecule has 4 rings (SSSR count). The molecule has 3 heterocycles. The molecule has 2 aliphatic rings. The lowest BCUT2D eigenvalue weighted by molar-refractivity contribution is 0.613. The Morgan fingerprint density at radius 1 is 1.14 bits per heavy atom. The van der Waals surface area contributed by atoms with Crippen molar-refractivity contribution < 1.29 is 0 Å². The maximum absolute atomic E-state index is 12.2. The van der Waals surface area contributed by atoms with E-state index in [1.54, 1.807) is 0 Å². The van der Waals surface area contributed by atoms with E-state index in [1.165, 1.54) is 11.1 Å². The van der Waals surface area contributed by atoms with Gasteiger partial charge in [-0.15, -0.1) is 0 Å². The highest BCUT2D eigenvalue weighted by molar-refractivity contribution is 5.41. The molecule has 2 aliphatic heterocycles. The molecule has 0 saturated heterocycles. The monoisotopic (exact) mass is 282 g/mol. The first kappa shape index (κ1) is 12.6. The normalized spacial score (nSPS) is 17.2. The van der Waals surface area contributed by atoms with Crippen molar-refractivity contribution in [2.75, 3.05) is 18.0 Å². The van der Waals surface area contributed by atoms with Gasteiger partial charge in [0.1, 0.15) is 0 Å². The van der Waals surface area contributed by atoms with Gasteiger partial charge in [0.15, 0.2) is 0 Å². The van der Waals surface area contributed by atoms with Crippen LogP contribution in [0.15, 0.2) is 29.1 Å². The molecule has 2 N–H and O–H groups in total. The Kier molecular flexibility index (Phi) is 3.00. The van der Waals surface area contributed by atoms with Gasteiger partial charge >= 0.3 is 0 Å². The third kappa shape index (κ3) is 2.23. The van der Waals surface area contributed by atoms with Gasteiger partial charge in [-0.25, -0.2) is 4.98 Å². The van der Waals surface area contributed by atoms with E-state index < -0.39 is 0 Å². The summed E-state index contributed by atoms with van der Waals surface area (Å²) in [6.07, 6.45) is 1.83. The van der Waals surface area contributed by atoms with Crippen molar-refractivity contribution in [1.29, 1.82) is 0 Å². The molecule has 0 atom stereocenters. The lowest BCUT2D eigenvalue weighted by Crippen LogP contribution is -2.36. The number of H-pyrrole nitrogens is 1. The highest BCUT2D eigenvalue weighted by Crippen LogP contribution is 2.22. The Labute approximate surface area is 123 Å². The van der Waals surface area contributed by atoms with E-state index in [0.29, 0.717) is 6.54 Å². The van der Waals surface area contributed by atoms with Crippen molar-refractivity contribution in [1.82, 2.24) is 15.3 Å². The molecule has 0 amide bonds. The quantitative estimate of drug-likeness (QED) is 0.818. The lowest BCUT2D eigenvalue weighted by Gasteiger charge is -2.30. The standard InChI is InChI=1S/C16H18N4O/c21-15-13-9-17-7-5-14(13)18-16(19-15)20-8-6-11-3-1-2-4-12(11)10-20/h1-4,17H,5-10H2,(H,18,19,21). The SMILES string of the molecule is O=c1[nH]c(N2CCc3ccccc3C2)nc2c1CNCC2. The lowest BCUT2D eigenvalue weighted by atomic mass is 10.0. The van der Waals surface area contributed by atoms with E-state index in [0.717, 1.165) is 49.7 Å². The minimum absolute atomic E-state index is 0.000980. The number of fused-ring (bicyclic) bond motifs is 2. The zero-order valence-electron chi connectivity index (χ0n) is 11.9. The Hall–Kier alpha value is -2.14. The molecule has 2 aromatic rings. The van der Waals surface area contributed by atoms with Crippen molar-refractivity contribution in [2.45, 2.75) is 25.9 Å². The van der Waals surface area contributed by atoms with Gasteiger partial charge in [0.05, 0.1) is 11.3 Å². The number of rotatable bonds is 1. The molecular weight excluding hydrogens is 264 g/mol. The molecule has 108 valence electrons. The molecule has 5 heteroatoms. The number of hydrogen-bond donors (Lipinski definition) is 2. The van der Waals surface area contributed by atoms with Crippen LogP contribution in [-0.2, 0) is 25.9 Å². The molecule has 0 spiro atoms. The molecule has 0 unspecified atom stereocenters. The number of anilines is 1. The molecule has 0 fully saturated rings. The molecule has 0 aliphatic carbocycles. The second kappa shape index (κ2) is 5.00. The van der Waals surface area contributed by atoms with Crippen LogP contribution in [0.5, 0.6) is 0 Å². The average Bonchev–Trinajstić information content (AvgIpc) is 2.54. The fourth-order valence-electron chi connectivity index (χ4n) is 3.17. The van der Waals surface area contributed by atoms with Crippen molar-refractivity contribution in [3.8, 4) is 0 Å². The highest BCUT2D eigenvalue weighted by atomic mass is 16.1. The summed E-state index contributed by atoms with van der Waals surface area (Å²) in [6.45, 7) is 3.24. The van der Waals surface area contributed by atoms with Gasteiger partial charge in [-0.2, -0.15) is 0 Å². The number of benzene rings is 1. The first-order valence-electron chi connectivity index (χ1n) is 7.46. The Morgan fingerprint density at radius 3 is 2.90 bits per heavy atom. The third-order valence-corrected chi connectivity index (χ3v) is 4.36. The minimum atomic E-state index is 0.000980. The number of aromatic nitrogens is 2. The van der Waals surface area contributed by atoms with Crippen LogP contribution in [0.1, 0.15) is 22.4 Å². The van der Waals surface area contributed by atoms with Crippen LogP contribution in [0, 0.1) is 0 Å². The van der Waals surface area contributed by atoms with Crippen LogP contribution in [0.4, 0.5) is 5.95 Å². The van der Waals surface area contributed by atoms with Crippen LogP contribution in [0.25, 0.3) is 0 Å². The smallest absolute Gasteiger partial charge is 0.257 e. The summed E-state index contributed by atoms with van der Waals surface area (Å²) in [4.78, 5) is 22.0. The molecular formula is C16H18N4O. The zero-order valence-corrected chi connectivity index (χ0v) is 11.9. The van der Waals surface area contributed by atoms with Crippen molar-refractivity contribution >= 4 is 5.95 Å². The van der Waals surface area contributed by atoms with Crippen LogP contribution >= 0.6 is 0 Å². The van der Waals surface area contributed by atoms with E-state index in [2.05, 4.69) is 39.5 Å². The predicted molar refractivity (Wildman–Crippen MR) is 81.5 cm³/mol. The number of hydrogen-bond acceptors (Lipinski definition) is 4. The second-order valence-electron chi connectivity index (χ2n) is 5.68. The van der Waals surface area contributed by atoms with Gasteiger partial charge in [0.2, 0.25) is 5.95 Å². The first-order valence-corrected chi connectivity index (χ1v) is 7.46. The summed E-state index contributed by atoms with van der Waals surface area (Å²) >= 11 is 0. The van der Waals surface area contributed by atoms with Gasteiger partial charge in [-0.1, -0.05) is 24.3 Å². The Morgan fingerprint density at radius 2 is 2.00 bits per heavy atom. The second-order valence-corrected chi connectivity index (χ2v) is 5.68. The van der Waals surface area contributed by atoms with E-state index in [-0.39, 0.29) is 5.56 Å². The molecule has 21 heavy (non-hydrogen) atoms. The maximum Gasteiger partial charge on any atom is 0.257 e. The van der Waals surface area contributed by atoms with Crippen LogP contribution in [0.3, 0.4) is 0 Å². The summed E-state index contributed by atoms with van der Waals surface area (Å²) in [5.41, 5.74) is 4.47. The van der Waals surface area contributed by atoms with Gasteiger partial charge in [-0.3, -0.25) is 9.78 Å². The summed E-state index contributed by atoms with van der Waals surface area (Å²) in [6, 6.07) is 8.49. The maximum atomic E-state index is 12.2. The first-order chi connectivity index (χ1) is 10.3. The average molecular weight is 282 g/mol. The van der Waals surface area contributed by atoms with Crippen molar-refractivity contribution in [3.63, 3.8) is 0 Å². The fraction of sp³-hybridized carbons (Fsp3) is 0.375. The van der Waals surface area contributed by atoms with Crippen LogP contribution < -0.4 is 15.8 Å². The van der Waals surface area contributed by atoms with Crippen molar-refractivity contribution in [3.05, 3.63) is 57.0 Å². The van der Waals surface area contributed by atoms with Gasteiger partial charge in [0, 0.05) is 32.6 Å². The van der Waals surface area contributed by atoms with E-state index in [1.807, 2.05) is 0 Å². The number of nitrogens with one attached hydrogen (secondary N) is 2. The van der Waals surface area contributed by atoms with Gasteiger partial charge < -0.3 is 10.2 Å². The summed E-state index contributed by atoms with van der Waals surface area (Å²) in [5.74, 6) is 0.718. The van der Waals surface area contributed by atoms with E-state index in [4.69, 9.17) is 4.98 Å². The largest absolute Gasteiger partial charge is 0.338 e. The third-order valence-electron chi connectivity index (χ3n) is 4.36. The Balaban J connectivity index is 1.69.